The number of likely N-dealkylation sites (N-methyl/N-ethyl adjacent to an activating group) is 1. The number of methoxy groups -OCH3 is 2. The van der Waals surface area contributed by atoms with Crippen LogP contribution >= 0.6 is 0 Å². The molecule has 11 nitrogen and oxygen atoms in total. The van der Waals surface area contributed by atoms with Crippen molar-refractivity contribution in [2.24, 2.45) is 0 Å². The lowest BCUT2D eigenvalue weighted by Crippen LogP contribution is -2.74. The topological polar surface area (TPSA) is 143 Å². The van der Waals surface area contributed by atoms with Crippen molar-refractivity contribution in [1.29, 1.82) is 5.26 Å². The summed E-state index contributed by atoms with van der Waals surface area (Å²) in [4.78, 5) is 71.3. The van der Waals surface area contributed by atoms with Gasteiger partial charge in [0.1, 0.15) is 12.6 Å². The summed E-state index contributed by atoms with van der Waals surface area (Å²) in [5.41, 5.74) is 1.71. The van der Waals surface area contributed by atoms with Gasteiger partial charge in [-0.2, -0.15) is 5.26 Å². The predicted octanol–water partition coefficient (Wildman–Crippen LogP) is 1.65. The summed E-state index contributed by atoms with van der Waals surface area (Å²) in [6.07, 6.45) is 1.77. The molecule has 1 fully saturated rings. The number of hydrogen-bond acceptors (Lipinski definition) is 11. The molecule has 5 unspecified atom stereocenters. The number of Topliss-reactive ketones (excluding diaryl/α,β-unsaturated/α-hetero) is 4. The van der Waals surface area contributed by atoms with Gasteiger partial charge in [0.2, 0.25) is 11.6 Å². The first kappa shape index (κ1) is 29.4. The molecular formula is C31H33N3O8. The standard InChI is InChI=1S/C31H33N3O8/c1-8-13(2)31(39)42-12-21-22-16(25(35)14(3)29(40-6)27(22)37)10-19-24-23-17(26(36)15(4)30(41-7)28(23)38)9-18(33(24)5)20(11-32)34(19)21/h8,18-21,24H,9-10,12H2,1-7H3. The number of rotatable bonds is 5. The molecule has 0 aromatic carbocycles. The Morgan fingerprint density at radius 1 is 0.929 bits per heavy atom. The highest BCUT2D eigenvalue weighted by molar-refractivity contribution is 6.26. The van der Waals surface area contributed by atoms with E-state index in [9.17, 15) is 29.2 Å². The smallest absolute Gasteiger partial charge is 0.333 e. The molecule has 220 valence electrons. The fourth-order valence-electron chi connectivity index (χ4n) is 7.16. The number of fused-ring (bicyclic) bond motifs is 5. The molecule has 0 aromatic heterocycles. The maximum atomic E-state index is 13.8. The van der Waals surface area contributed by atoms with Gasteiger partial charge in [0, 0.05) is 51.1 Å². The molecule has 0 radical (unpaired) electrons. The van der Waals surface area contributed by atoms with Crippen LogP contribution in [-0.2, 0) is 38.2 Å². The molecule has 42 heavy (non-hydrogen) atoms. The van der Waals surface area contributed by atoms with Gasteiger partial charge < -0.3 is 14.2 Å². The first-order chi connectivity index (χ1) is 19.9. The third-order valence-electron chi connectivity index (χ3n) is 9.34. The molecule has 1 saturated heterocycles. The zero-order valence-corrected chi connectivity index (χ0v) is 24.7. The Kier molecular flexibility index (Phi) is 7.41. The zero-order chi connectivity index (χ0) is 30.8. The third-order valence-corrected chi connectivity index (χ3v) is 9.34. The average molecular weight is 576 g/mol. The molecule has 2 aliphatic carbocycles. The molecule has 0 N–H and O–H groups in total. The predicted molar refractivity (Wildman–Crippen MR) is 147 cm³/mol. The van der Waals surface area contributed by atoms with Crippen molar-refractivity contribution in [1.82, 2.24) is 9.80 Å². The summed E-state index contributed by atoms with van der Waals surface area (Å²) in [5, 5.41) is 10.5. The molecule has 0 spiro atoms. The quantitative estimate of drug-likeness (QED) is 0.268. The average Bonchev–Trinajstić information content (AvgIpc) is 2.97. The van der Waals surface area contributed by atoms with Gasteiger partial charge >= 0.3 is 5.97 Å². The fraction of sp³-hybridized carbons (Fsp3) is 0.484. The normalized spacial score (nSPS) is 30.2. The van der Waals surface area contributed by atoms with Gasteiger partial charge in [0.15, 0.2) is 23.1 Å². The number of nitrogens with zero attached hydrogens (tertiary/aromatic N) is 3. The van der Waals surface area contributed by atoms with Crippen molar-refractivity contribution >= 4 is 29.1 Å². The van der Waals surface area contributed by atoms with Gasteiger partial charge in [0.25, 0.3) is 0 Å². The summed E-state index contributed by atoms with van der Waals surface area (Å²) in [5.74, 6) is -2.32. The largest absolute Gasteiger partial charge is 0.492 e. The zero-order valence-electron chi connectivity index (χ0n) is 24.7. The van der Waals surface area contributed by atoms with E-state index < -0.39 is 47.7 Å². The Morgan fingerprint density at radius 3 is 1.98 bits per heavy atom. The highest BCUT2D eigenvalue weighted by Gasteiger charge is 2.60. The monoisotopic (exact) mass is 575 g/mol. The minimum atomic E-state index is -0.971. The molecule has 5 atom stereocenters. The second-order valence-electron chi connectivity index (χ2n) is 11.2. The second kappa shape index (κ2) is 10.6. The van der Waals surface area contributed by atoms with Crippen molar-refractivity contribution in [3.8, 4) is 6.07 Å². The maximum absolute atomic E-state index is 13.8. The van der Waals surface area contributed by atoms with Crippen molar-refractivity contribution < 1.29 is 38.2 Å². The number of allylic oxidation sites excluding steroid dienone is 5. The van der Waals surface area contributed by atoms with Crippen LogP contribution in [0.1, 0.15) is 40.5 Å². The lowest BCUT2D eigenvalue weighted by atomic mass is 9.67. The van der Waals surface area contributed by atoms with Gasteiger partial charge in [0.05, 0.1) is 32.4 Å². The van der Waals surface area contributed by atoms with E-state index in [2.05, 4.69) is 6.07 Å². The Morgan fingerprint density at radius 2 is 1.45 bits per heavy atom. The van der Waals surface area contributed by atoms with Gasteiger partial charge in [-0.25, -0.2) is 4.79 Å². The molecule has 2 bridgehead atoms. The summed E-state index contributed by atoms with van der Waals surface area (Å²) < 4.78 is 16.4. The lowest BCUT2D eigenvalue weighted by Gasteiger charge is -2.60. The van der Waals surface area contributed by atoms with Crippen LogP contribution < -0.4 is 0 Å². The van der Waals surface area contributed by atoms with Crippen molar-refractivity contribution in [2.45, 2.75) is 70.7 Å². The minimum absolute atomic E-state index is 0.0324. The summed E-state index contributed by atoms with van der Waals surface area (Å²) >= 11 is 0. The minimum Gasteiger partial charge on any atom is -0.492 e. The Balaban J connectivity index is 1.71. The van der Waals surface area contributed by atoms with Crippen LogP contribution in [0.5, 0.6) is 0 Å². The van der Waals surface area contributed by atoms with E-state index in [-0.39, 0.29) is 70.4 Å². The van der Waals surface area contributed by atoms with E-state index >= 15 is 0 Å². The van der Waals surface area contributed by atoms with E-state index in [4.69, 9.17) is 14.2 Å². The highest BCUT2D eigenvalue weighted by atomic mass is 16.5. The highest BCUT2D eigenvalue weighted by Crippen LogP contribution is 2.49. The van der Waals surface area contributed by atoms with Gasteiger partial charge in [-0.05, 0) is 47.6 Å². The van der Waals surface area contributed by atoms with E-state index in [1.807, 2.05) is 9.80 Å². The van der Waals surface area contributed by atoms with Crippen molar-refractivity contribution in [3.63, 3.8) is 0 Å². The van der Waals surface area contributed by atoms with E-state index in [0.29, 0.717) is 11.1 Å². The first-order valence-electron chi connectivity index (χ1n) is 13.8. The van der Waals surface area contributed by atoms with Crippen LogP contribution in [0.4, 0.5) is 0 Å². The molecule has 3 aliphatic heterocycles. The summed E-state index contributed by atoms with van der Waals surface area (Å²) in [7, 11) is 4.45. The molecule has 5 aliphatic rings. The van der Waals surface area contributed by atoms with E-state index in [1.165, 1.54) is 21.1 Å². The number of piperazine rings is 1. The second-order valence-corrected chi connectivity index (χ2v) is 11.2. The van der Waals surface area contributed by atoms with Crippen LogP contribution in [0, 0.1) is 11.3 Å². The number of hydrogen-bond donors (Lipinski definition) is 0. The summed E-state index contributed by atoms with van der Waals surface area (Å²) in [6, 6.07) is -1.35. The van der Waals surface area contributed by atoms with Gasteiger partial charge in [-0.1, -0.05) is 6.08 Å². The number of ketones is 4. The molecule has 3 heterocycles. The number of esters is 1. The number of nitriles is 1. The van der Waals surface area contributed by atoms with Crippen LogP contribution in [0.15, 0.2) is 56.6 Å². The Labute approximate surface area is 243 Å². The third kappa shape index (κ3) is 3.96. The van der Waals surface area contributed by atoms with Crippen LogP contribution in [0.25, 0.3) is 0 Å². The molecule has 0 saturated carbocycles. The van der Waals surface area contributed by atoms with Crippen molar-refractivity contribution in [2.75, 3.05) is 27.9 Å². The SMILES string of the molecule is CC=C(C)C(=O)OCC1C2=C(CC3C4C5=C(CC(C(C#N)N13)N4C)C(=O)C(C)=C(OC)C5=O)C(=O)C(C)=C(OC)C2=O. The van der Waals surface area contributed by atoms with Gasteiger partial charge in [-0.3, -0.25) is 29.0 Å². The first-order valence-corrected chi connectivity index (χ1v) is 13.8. The summed E-state index contributed by atoms with van der Waals surface area (Å²) in [6.45, 7) is 6.05. The fourth-order valence-corrected chi connectivity index (χ4v) is 7.16. The van der Waals surface area contributed by atoms with Crippen LogP contribution in [0.2, 0.25) is 0 Å². The molecule has 0 aromatic rings. The Bertz CT molecular complexity index is 1550. The number of ether oxygens (including phenoxy) is 3. The molecular weight excluding hydrogens is 542 g/mol. The van der Waals surface area contributed by atoms with Gasteiger partial charge in [-0.15, -0.1) is 0 Å². The number of carbonyl (C=O) groups is 5. The van der Waals surface area contributed by atoms with Crippen LogP contribution in [-0.4, -0.2) is 97.0 Å². The number of carbonyl (C=O) groups excluding carboxylic acids is 5. The Hall–Kier alpha value is -4.14. The van der Waals surface area contributed by atoms with E-state index in [1.54, 1.807) is 33.9 Å². The van der Waals surface area contributed by atoms with Crippen LogP contribution in [0.3, 0.4) is 0 Å². The van der Waals surface area contributed by atoms with Crippen molar-refractivity contribution in [3.05, 3.63) is 56.6 Å². The molecule has 5 rings (SSSR count). The van der Waals surface area contributed by atoms with E-state index in [0.717, 1.165) is 0 Å². The molecule has 11 heteroatoms. The lowest BCUT2D eigenvalue weighted by molar-refractivity contribution is -0.143. The molecule has 0 amide bonds. The maximum Gasteiger partial charge on any atom is 0.333 e.